The minimum Gasteiger partial charge on any atom is -0.402 e. The molecule has 2 N–H and O–H groups in total. The van der Waals surface area contributed by atoms with Gasteiger partial charge >= 0.3 is 0 Å². The zero-order chi connectivity index (χ0) is 8.15. The molecular weight excluding hydrogens is 131 g/mol. The Hall–Kier alpha value is -0.860. The Morgan fingerprint density at radius 1 is 1.70 bits per heavy atom. The lowest BCUT2D eigenvalue weighted by atomic mass is 10.2. The molecule has 0 aliphatic carbocycles. The first-order chi connectivity index (χ1) is 4.57. The van der Waals surface area contributed by atoms with Crippen molar-refractivity contribution in [2.24, 2.45) is 10.7 Å². The van der Waals surface area contributed by atoms with Gasteiger partial charge in [-0.15, -0.1) is 0 Å². The Morgan fingerprint density at radius 2 is 2.20 bits per heavy atom. The van der Waals surface area contributed by atoms with E-state index >= 15 is 0 Å². The second-order valence-electron chi connectivity index (χ2n) is 2.15. The van der Waals surface area contributed by atoms with E-state index in [0.717, 1.165) is 0 Å². The summed E-state index contributed by atoms with van der Waals surface area (Å²) in [6, 6.07) is 0. The van der Waals surface area contributed by atoms with Gasteiger partial charge in [0.15, 0.2) is 0 Å². The molecule has 0 radical (unpaired) electrons. The molecule has 0 saturated heterocycles. The van der Waals surface area contributed by atoms with Crippen LogP contribution in [0, 0.1) is 0 Å². The summed E-state index contributed by atoms with van der Waals surface area (Å²) in [4.78, 5) is 3.71. The smallest absolute Gasteiger partial charge is 0.139 e. The highest BCUT2D eigenvalue weighted by atomic mass is 19.1. The highest BCUT2D eigenvalue weighted by molar-refractivity contribution is 5.98. The lowest BCUT2D eigenvalue weighted by Gasteiger charge is -2.00. The molecule has 0 bridgehead atoms. The summed E-state index contributed by atoms with van der Waals surface area (Å²) in [7, 11) is 1.55. The van der Waals surface area contributed by atoms with E-state index in [1.54, 1.807) is 14.0 Å². The third-order valence-electron chi connectivity index (χ3n) is 1.04. The molecule has 0 fully saturated rings. The van der Waals surface area contributed by atoms with Crippen molar-refractivity contribution >= 4 is 5.71 Å². The Balaban J connectivity index is 4.26. The highest BCUT2D eigenvalue weighted by Crippen LogP contribution is 1.96. The SMILES string of the molecule is CN=C(/C=C(\C)N)C(C)F. The molecule has 3 heteroatoms. The number of halogens is 1. The van der Waals surface area contributed by atoms with Crippen LogP contribution in [0.5, 0.6) is 0 Å². The number of nitrogens with zero attached hydrogens (tertiary/aromatic N) is 1. The van der Waals surface area contributed by atoms with Gasteiger partial charge in [0.25, 0.3) is 0 Å². The van der Waals surface area contributed by atoms with Crippen LogP contribution in [0.4, 0.5) is 4.39 Å². The predicted octanol–water partition coefficient (Wildman–Crippen LogP) is 1.28. The molecule has 0 saturated carbocycles. The number of nitrogens with two attached hydrogens (primary N) is 1. The molecule has 0 aromatic rings. The normalized spacial score (nSPS) is 17.2. The average molecular weight is 144 g/mol. The van der Waals surface area contributed by atoms with E-state index in [9.17, 15) is 4.39 Å². The van der Waals surface area contributed by atoms with Gasteiger partial charge in [-0.2, -0.15) is 0 Å². The third kappa shape index (κ3) is 3.22. The molecule has 1 unspecified atom stereocenters. The largest absolute Gasteiger partial charge is 0.402 e. The predicted molar refractivity (Wildman–Crippen MR) is 41.9 cm³/mol. The summed E-state index contributed by atoms with van der Waals surface area (Å²) in [6.45, 7) is 3.13. The zero-order valence-electron chi connectivity index (χ0n) is 6.56. The van der Waals surface area contributed by atoms with Crippen LogP contribution in [0.1, 0.15) is 13.8 Å². The number of aliphatic imine (C=N–C) groups is 1. The number of alkyl halides is 1. The Labute approximate surface area is 60.6 Å². The summed E-state index contributed by atoms with van der Waals surface area (Å²) in [6.07, 6.45) is 0.494. The Kier molecular flexibility index (Phi) is 3.69. The van der Waals surface area contributed by atoms with Crippen LogP contribution in [0.25, 0.3) is 0 Å². The van der Waals surface area contributed by atoms with Crippen LogP contribution in [0.15, 0.2) is 16.8 Å². The molecule has 0 aliphatic heterocycles. The van der Waals surface area contributed by atoms with Gasteiger partial charge in [-0.25, -0.2) is 4.39 Å². The molecule has 10 heavy (non-hydrogen) atoms. The van der Waals surface area contributed by atoms with Crippen LogP contribution in [0.2, 0.25) is 0 Å². The standard InChI is InChI=1S/C7H13FN2/c1-5(9)4-7(10-3)6(2)8/h4,6H,9H2,1-3H3/b5-4+,10-7?. The molecule has 1 atom stereocenters. The van der Waals surface area contributed by atoms with Gasteiger partial charge in [-0.3, -0.25) is 4.99 Å². The maximum atomic E-state index is 12.5. The summed E-state index contributed by atoms with van der Waals surface area (Å²) >= 11 is 0. The fourth-order valence-electron chi connectivity index (χ4n) is 0.591. The Bertz CT molecular complexity index is 155. The highest BCUT2D eigenvalue weighted by Gasteiger charge is 2.03. The van der Waals surface area contributed by atoms with Crippen molar-refractivity contribution in [2.45, 2.75) is 20.0 Å². The number of hydrogen-bond donors (Lipinski definition) is 1. The lowest BCUT2D eigenvalue weighted by Crippen LogP contribution is -2.10. The van der Waals surface area contributed by atoms with Crippen molar-refractivity contribution in [3.05, 3.63) is 11.8 Å². The average Bonchev–Trinajstić information content (AvgIpc) is 1.81. The lowest BCUT2D eigenvalue weighted by molar-refractivity contribution is 0.455. The Morgan fingerprint density at radius 3 is 2.30 bits per heavy atom. The summed E-state index contributed by atoms with van der Waals surface area (Å²) in [5, 5.41) is 0. The molecule has 0 heterocycles. The van der Waals surface area contributed by atoms with Crippen molar-refractivity contribution in [1.29, 1.82) is 0 Å². The first-order valence-corrected chi connectivity index (χ1v) is 3.12. The minimum atomic E-state index is -1.04. The zero-order valence-corrected chi connectivity index (χ0v) is 6.56. The fourth-order valence-corrected chi connectivity index (χ4v) is 0.591. The molecule has 0 rings (SSSR count). The quantitative estimate of drug-likeness (QED) is 0.582. The number of allylic oxidation sites excluding steroid dienone is 2. The summed E-state index contributed by atoms with van der Waals surface area (Å²) in [5.41, 5.74) is 6.28. The van der Waals surface area contributed by atoms with Gasteiger partial charge in [0.1, 0.15) is 6.17 Å². The van der Waals surface area contributed by atoms with E-state index in [2.05, 4.69) is 4.99 Å². The van der Waals surface area contributed by atoms with Gasteiger partial charge in [-0.05, 0) is 19.9 Å². The van der Waals surface area contributed by atoms with E-state index in [1.807, 2.05) is 0 Å². The van der Waals surface area contributed by atoms with Gasteiger partial charge in [0.2, 0.25) is 0 Å². The van der Waals surface area contributed by atoms with Gasteiger partial charge in [0.05, 0.1) is 5.71 Å². The van der Waals surface area contributed by atoms with Crippen molar-refractivity contribution in [3.63, 3.8) is 0 Å². The van der Waals surface area contributed by atoms with E-state index < -0.39 is 6.17 Å². The van der Waals surface area contributed by atoms with E-state index in [0.29, 0.717) is 11.4 Å². The topological polar surface area (TPSA) is 38.4 Å². The summed E-state index contributed by atoms with van der Waals surface area (Å²) < 4.78 is 12.5. The number of hydrogen-bond acceptors (Lipinski definition) is 2. The van der Waals surface area contributed by atoms with Gasteiger partial charge < -0.3 is 5.73 Å². The molecule has 0 spiro atoms. The molecule has 58 valence electrons. The van der Waals surface area contributed by atoms with Crippen LogP contribution >= 0.6 is 0 Å². The van der Waals surface area contributed by atoms with E-state index in [-0.39, 0.29) is 0 Å². The molecule has 0 aliphatic rings. The van der Waals surface area contributed by atoms with Crippen molar-refractivity contribution < 1.29 is 4.39 Å². The van der Waals surface area contributed by atoms with Gasteiger partial charge in [-0.1, -0.05) is 0 Å². The maximum absolute atomic E-state index is 12.5. The number of rotatable bonds is 2. The van der Waals surface area contributed by atoms with E-state index in [1.165, 1.54) is 13.0 Å². The van der Waals surface area contributed by atoms with Crippen LogP contribution in [-0.2, 0) is 0 Å². The minimum absolute atomic E-state index is 0.389. The maximum Gasteiger partial charge on any atom is 0.139 e. The first-order valence-electron chi connectivity index (χ1n) is 3.12. The monoisotopic (exact) mass is 144 g/mol. The van der Waals surface area contributed by atoms with E-state index in [4.69, 9.17) is 5.73 Å². The van der Waals surface area contributed by atoms with Crippen molar-refractivity contribution in [1.82, 2.24) is 0 Å². The second kappa shape index (κ2) is 4.04. The van der Waals surface area contributed by atoms with Crippen molar-refractivity contribution in [2.75, 3.05) is 7.05 Å². The molecule has 0 aromatic heterocycles. The van der Waals surface area contributed by atoms with Crippen LogP contribution < -0.4 is 5.73 Å². The molecule has 0 amide bonds. The van der Waals surface area contributed by atoms with Crippen molar-refractivity contribution in [3.8, 4) is 0 Å². The fraction of sp³-hybridized carbons (Fsp3) is 0.571. The molecule has 0 aromatic carbocycles. The molecular formula is C7H13FN2. The third-order valence-corrected chi connectivity index (χ3v) is 1.04. The molecule has 2 nitrogen and oxygen atoms in total. The van der Waals surface area contributed by atoms with Gasteiger partial charge in [0, 0.05) is 12.7 Å². The first kappa shape index (κ1) is 9.14. The van der Waals surface area contributed by atoms with Crippen LogP contribution in [0.3, 0.4) is 0 Å². The second-order valence-corrected chi connectivity index (χ2v) is 2.15. The summed E-state index contributed by atoms with van der Waals surface area (Å²) in [5.74, 6) is 0. The van der Waals surface area contributed by atoms with Crippen LogP contribution in [-0.4, -0.2) is 18.9 Å².